The molecule has 0 amide bonds. The van der Waals surface area contributed by atoms with E-state index in [0.717, 1.165) is 37.9 Å². The van der Waals surface area contributed by atoms with Crippen LogP contribution in [0.5, 0.6) is 0 Å². The van der Waals surface area contributed by atoms with E-state index in [-0.39, 0.29) is 11.8 Å². The molecule has 0 spiro atoms. The molecule has 0 unspecified atom stereocenters. The van der Waals surface area contributed by atoms with Crippen molar-refractivity contribution in [2.75, 3.05) is 13.6 Å². The number of hydrogen-bond donors (Lipinski definition) is 4. The summed E-state index contributed by atoms with van der Waals surface area (Å²) >= 11 is 0. The maximum atomic E-state index is 10.6. The first-order valence-corrected chi connectivity index (χ1v) is 8.40. The molecule has 0 aromatic carbocycles. The predicted molar refractivity (Wildman–Crippen MR) is 95.1 cm³/mol. The first kappa shape index (κ1) is 21.1. The van der Waals surface area contributed by atoms with Crippen LogP contribution in [0, 0.1) is 5.41 Å². The minimum atomic E-state index is -0.747. The number of hydrogen-bond acceptors (Lipinski definition) is 5. The van der Waals surface area contributed by atoms with Gasteiger partial charge in [0, 0.05) is 43.5 Å². The van der Waals surface area contributed by atoms with Crippen molar-refractivity contribution in [3.05, 3.63) is 23.9 Å². The highest BCUT2D eigenvalue weighted by molar-refractivity contribution is 5.66. The van der Waals surface area contributed by atoms with E-state index in [9.17, 15) is 4.79 Å². The molecule has 0 bridgehead atoms. The number of rotatable bonds is 12. The number of nitrogens with two attached hydrogens (primary N) is 2. The van der Waals surface area contributed by atoms with Crippen LogP contribution in [0.3, 0.4) is 0 Å². The van der Waals surface area contributed by atoms with Gasteiger partial charge in [0.2, 0.25) is 0 Å². The van der Waals surface area contributed by atoms with Crippen LogP contribution in [-0.4, -0.2) is 29.6 Å². The van der Waals surface area contributed by atoms with E-state index in [4.69, 9.17) is 16.6 Å². The van der Waals surface area contributed by atoms with Crippen LogP contribution in [-0.2, 0) is 4.79 Å². The van der Waals surface area contributed by atoms with Crippen molar-refractivity contribution in [2.45, 2.75) is 59.3 Å². The Labute approximate surface area is 140 Å². The normalized spacial score (nSPS) is 13.0. The Balaban J connectivity index is 5.11. The van der Waals surface area contributed by atoms with Crippen LogP contribution in [0.2, 0.25) is 0 Å². The van der Waals surface area contributed by atoms with Gasteiger partial charge in [0.1, 0.15) is 5.82 Å². The fourth-order valence-corrected chi connectivity index (χ4v) is 2.53. The lowest BCUT2D eigenvalue weighted by Gasteiger charge is -2.39. The summed E-state index contributed by atoms with van der Waals surface area (Å²) in [7, 11) is 1.87. The third kappa shape index (κ3) is 6.84. The zero-order valence-electron chi connectivity index (χ0n) is 15.1. The fourth-order valence-electron chi connectivity index (χ4n) is 2.53. The molecule has 0 rings (SSSR count). The molecule has 134 valence electrons. The van der Waals surface area contributed by atoms with E-state index in [2.05, 4.69) is 26.1 Å². The zero-order valence-corrected chi connectivity index (χ0v) is 15.1. The van der Waals surface area contributed by atoms with Gasteiger partial charge in [-0.05, 0) is 25.7 Å². The average Bonchev–Trinajstić information content (AvgIpc) is 2.54. The molecule has 0 aliphatic heterocycles. The number of carbonyl (C=O) groups is 1. The summed E-state index contributed by atoms with van der Waals surface area (Å²) in [6.45, 7) is 7.28. The SMILES string of the molecule is CCC(C)(CC)/C(=C\NC)N(CCCCCC(=O)O)/C(N)=C/N. The molecule has 0 heterocycles. The smallest absolute Gasteiger partial charge is 0.303 e. The number of aliphatic carboxylic acids is 1. The summed E-state index contributed by atoms with van der Waals surface area (Å²) < 4.78 is 0. The van der Waals surface area contributed by atoms with Crippen LogP contribution >= 0.6 is 0 Å². The van der Waals surface area contributed by atoms with Crippen molar-refractivity contribution in [1.82, 2.24) is 10.2 Å². The quantitative estimate of drug-likeness (QED) is 0.411. The van der Waals surface area contributed by atoms with Crippen molar-refractivity contribution < 1.29 is 9.90 Å². The topological polar surface area (TPSA) is 105 Å². The second-order valence-electron chi connectivity index (χ2n) is 6.03. The van der Waals surface area contributed by atoms with Crippen molar-refractivity contribution >= 4 is 5.97 Å². The first-order valence-electron chi connectivity index (χ1n) is 8.40. The minimum Gasteiger partial charge on any atom is -0.481 e. The van der Waals surface area contributed by atoms with Crippen LogP contribution in [0.4, 0.5) is 0 Å². The highest BCUT2D eigenvalue weighted by atomic mass is 16.4. The van der Waals surface area contributed by atoms with Gasteiger partial charge in [-0.15, -0.1) is 0 Å². The second kappa shape index (κ2) is 10.8. The number of nitrogens with one attached hydrogen (secondary N) is 1. The van der Waals surface area contributed by atoms with Gasteiger partial charge in [-0.2, -0.15) is 0 Å². The van der Waals surface area contributed by atoms with Crippen molar-refractivity contribution in [2.24, 2.45) is 16.9 Å². The Hall–Kier alpha value is -1.85. The fraction of sp³-hybridized carbons (Fsp3) is 0.706. The molecule has 0 aliphatic rings. The molecule has 6 heteroatoms. The highest BCUT2D eigenvalue weighted by Crippen LogP contribution is 2.37. The molecule has 23 heavy (non-hydrogen) atoms. The van der Waals surface area contributed by atoms with Gasteiger partial charge in [0.25, 0.3) is 0 Å². The summed E-state index contributed by atoms with van der Waals surface area (Å²) in [6, 6.07) is 0. The molecule has 6 nitrogen and oxygen atoms in total. The largest absolute Gasteiger partial charge is 0.481 e. The molecule has 0 aromatic heterocycles. The van der Waals surface area contributed by atoms with Gasteiger partial charge < -0.3 is 26.8 Å². The lowest BCUT2D eigenvalue weighted by Crippen LogP contribution is -2.37. The van der Waals surface area contributed by atoms with Crippen LogP contribution in [0.15, 0.2) is 23.9 Å². The highest BCUT2D eigenvalue weighted by Gasteiger charge is 2.30. The van der Waals surface area contributed by atoms with E-state index in [1.165, 1.54) is 6.20 Å². The van der Waals surface area contributed by atoms with E-state index >= 15 is 0 Å². The number of carboxylic acid groups (broad SMARTS) is 1. The van der Waals surface area contributed by atoms with E-state index < -0.39 is 5.97 Å². The average molecular weight is 326 g/mol. The van der Waals surface area contributed by atoms with Gasteiger partial charge in [-0.1, -0.05) is 27.2 Å². The molecule has 0 aliphatic carbocycles. The Morgan fingerprint density at radius 2 is 1.87 bits per heavy atom. The van der Waals surface area contributed by atoms with Crippen molar-refractivity contribution in [3.8, 4) is 0 Å². The summed E-state index contributed by atoms with van der Waals surface area (Å²) in [4.78, 5) is 12.6. The Bertz CT molecular complexity index is 415. The van der Waals surface area contributed by atoms with Gasteiger partial charge in [-0.25, -0.2) is 0 Å². The Morgan fingerprint density at radius 1 is 1.26 bits per heavy atom. The van der Waals surface area contributed by atoms with Gasteiger partial charge in [0.05, 0.1) is 0 Å². The number of unbranched alkanes of at least 4 members (excludes halogenated alkanes) is 2. The van der Waals surface area contributed by atoms with Gasteiger partial charge >= 0.3 is 5.97 Å². The molecule has 0 saturated heterocycles. The number of nitrogens with zero attached hydrogens (tertiary/aromatic N) is 1. The van der Waals surface area contributed by atoms with Crippen molar-refractivity contribution in [3.63, 3.8) is 0 Å². The maximum absolute atomic E-state index is 10.6. The van der Waals surface area contributed by atoms with Crippen LogP contribution in [0.1, 0.15) is 59.3 Å². The van der Waals surface area contributed by atoms with E-state index in [1.54, 1.807) is 0 Å². The molecular weight excluding hydrogens is 292 g/mol. The van der Waals surface area contributed by atoms with Gasteiger partial charge in [0.15, 0.2) is 0 Å². The van der Waals surface area contributed by atoms with Crippen LogP contribution < -0.4 is 16.8 Å². The Morgan fingerprint density at radius 3 is 2.30 bits per heavy atom. The third-order valence-electron chi connectivity index (χ3n) is 4.51. The molecule has 0 radical (unpaired) electrons. The molecule has 0 aromatic rings. The van der Waals surface area contributed by atoms with E-state index in [1.807, 2.05) is 18.1 Å². The summed E-state index contributed by atoms with van der Waals surface area (Å²) in [6.07, 6.45) is 8.00. The number of carboxylic acids is 1. The first-order chi connectivity index (χ1) is 10.9. The molecular formula is C17H34N4O2. The molecule has 6 N–H and O–H groups in total. The van der Waals surface area contributed by atoms with Gasteiger partial charge in [-0.3, -0.25) is 4.79 Å². The summed E-state index contributed by atoms with van der Waals surface area (Å²) in [5.41, 5.74) is 12.9. The monoisotopic (exact) mass is 326 g/mol. The summed E-state index contributed by atoms with van der Waals surface area (Å²) in [5, 5.41) is 11.8. The zero-order chi connectivity index (χ0) is 17.9. The number of allylic oxidation sites excluding steroid dienone is 1. The third-order valence-corrected chi connectivity index (χ3v) is 4.51. The Kier molecular flexibility index (Phi) is 9.94. The molecule has 0 fully saturated rings. The molecule has 0 saturated carbocycles. The maximum Gasteiger partial charge on any atom is 0.303 e. The van der Waals surface area contributed by atoms with Crippen LogP contribution in [0.25, 0.3) is 0 Å². The summed E-state index contributed by atoms with van der Waals surface area (Å²) in [5.74, 6) is -0.221. The predicted octanol–water partition coefficient (Wildman–Crippen LogP) is 2.54. The molecule has 0 atom stereocenters. The van der Waals surface area contributed by atoms with Crippen molar-refractivity contribution in [1.29, 1.82) is 0 Å². The minimum absolute atomic E-state index is 0.00228. The second-order valence-corrected chi connectivity index (χ2v) is 6.03. The lowest BCUT2D eigenvalue weighted by molar-refractivity contribution is -0.137. The standard InChI is InChI=1S/C17H34N4O2/c1-5-17(3,6-2)14(13-20-4)21(15(19)12-18)11-9-7-8-10-16(22)23/h12-13,20H,5-11,18-19H2,1-4H3,(H,22,23)/b14-13+,15-12+. The van der Waals surface area contributed by atoms with E-state index in [0.29, 0.717) is 12.2 Å². The lowest BCUT2D eigenvalue weighted by atomic mass is 9.80.